The van der Waals surface area contributed by atoms with Crippen LogP contribution in [0, 0.1) is 0 Å². The summed E-state index contributed by atoms with van der Waals surface area (Å²) in [6.45, 7) is 0. The SMILES string of the molecule is COc1ccc2nc(/C=C/c3ccc(Br)cc3)cc(Cl)c2c1. The molecule has 0 bridgehead atoms. The molecule has 3 rings (SSSR count). The molecule has 0 saturated carbocycles. The van der Waals surface area contributed by atoms with Gasteiger partial charge in [-0.3, -0.25) is 0 Å². The first-order valence-electron chi connectivity index (χ1n) is 6.73. The Bertz CT molecular complexity index is 844. The monoisotopic (exact) mass is 373 g/mol. The third-order valence-corrected chi connectivity index (χ3v) is 4.14. The van der Waals surface area contributed by atoms with Crippen molar-refractivity contribution in [1.29, 1.82) is 0 Å². The molecule has 1 heterocycles. The maximum absolute atomic E-state index is 6.36. The summed E-state index contributed by atoms with van der Waals surface area (Å²) in [5.41, 5.74) is 2.78. The Balaban J connectivity index is 1.96. The minimum atomic E-state index is 0.666. The number of halogens is 2. The van der Waals surface area contributed by atoms with Gasteiger partial charge >= 0.3 is 0 Å². The Labute approximate surface area is 142 Å². The quantitative estimate of drug-likeness (QED) is 0.575. The predicted octanol–water partition coefficient (Wildman–Crippen LogP) is 5.83. The minimum Gasteiger partial charge on any atom is -0.497 e. The van der Waals surface area contributed by atoms with Gasteiger partial charge in [0.1, 0.15) is 5.75 Å². The summed E-state index contributed by atoms with van der Waals surface area (Å²) in [6, 6.07) is 15.6. The summed E-state index contributed by atoms with van der Waals surface area (Å²) in [5, 5.41) is 1.56. The molecule has 3 aromatic rings. The molecule has 0 radical (unpaired) electrons. The molecule has 0 aliphatic heterocycles. The average molecular weight is 375 g/mol. The molecule has 0 aliphatic rings. The van der Waals surface area contributed by atoms with Crippen molar-refractivity contribution in [3.63, 3.8) is 0 Å². The van der Waals surface area contributed by atoms with Gasteiger partial charge in [-0.2, -0.15) is 0 Å². The summed E-state index contributed by atoms with van der Waals surface area (Å²) < 4.78 is 6.28. The Morgan fingerprint density at radius 1 is 1.05 bits per heavy atom. The van der Waals surface area contributed by atoms with E-state index >= 15 is 0 Å². The van der Waals surface area contributed by atoms with Crippen molar-refractivity contribution in [2.24, 2.45) is 0 Å². The van der Waals surface area contributed by atoms with E-state index in [-0.39, 0.29) is 0 Å². The van der Waals surface area contributed by atoms with Crippen LogP contribution < -0.4 is 4.74 Å². The minimum absolute atomic E-state index is 0.666. The third kappa shape index (κ3) is 3.32. The van der Waals surface area contributed by atoms with Crippen molar-refractivity contribution in [2.75, 3.05) is 7.11 Å². The molecule has 2 aromatic carbocycles. The van der Waals surface area contributed by atoms with E-state index in [1.54, 1.807) is 7.11 Å². The number of aromatic nitrogens is 1. The van der Waals surface area contributed by atoms with E-state index in [9.17, 15) is 0 Å². The van der Waals surface area contributed by atoms with Crippen molar-refractivity contribution in [3.8, 4) is 5.75 Å². The Morgan fingerprint density at radius 3 is 2.55 bits per heavy atom. The number of hydrogen-bond acceptors (Lipinski definition) is 2. The molecule has 0 unspecified atom stereocenters. The lowest BCUT2D eigenvalue weighted by Crippen LogP contribution is -1.87. The van der Waals surface area contributed by atoms with Crippen LogP contribution in [0.25, 0.3) is 23.1 Å². The van der Waals surface area contributed by atoms with E-state index < -0.39 is 0 Å². The van der Waals surface area contributed by atoms with Gasteiger partial charge in [-0.1, -0.05) is 45.7 Å². The van der Waals surface area contributed by atoms with Gasteiger partial charge in [0, 0.05) is 9.86 Å². The lowest BCUT2D eigenvalue weighted by Gasteiger charge is -2.05. The van der Waals surface area contributed by atoms with Gasteiger partial charge in [0.2, 0.25) is 0 Å². The number of hydrogen-bond donors (Lipinski definition) is 0. The summed E-state index contributed by atoms with van der Waals surface area (Å²) in [4.78, 5) is 4.61. The van der Waals surface area contributed by atoms with Crippen LogP contribution in [0.3, 0.4) is 0 Å². The summed E-state index contributed by atoms with van der Waals surface area (Å²) in [6.07, 6.45) is 3.97. The molecule has 0 amide bonds. The first-order valence-corrected chi connectivity index (χ1v) is 7.91. The first-order chi connectivity index (χ1) is 10.7. The van der Waals surface area contributed by atoms with Crippen LogP contribution in [0.4, 0.5) is 0 Å². The van der Waals surface area contributed by atoms with Crippen LogP contribution in [-0.2, 0) is 0 Å². The molecule has 110 valence electrons. The van der Waals surface area contributed by atoms with Crippen LogP contribution in [0.15, 0.2) is 53.0 Å². The van der Waals surface area contributed by atoms with Gasteiger partial charge in [-0.05, 0) is 48.0 Å². The summed E-state index contributed by atoms with van der Waals surface area (Å²) >= 11 is 9.78. The van der Waals surface area contributed by atoms with Crippen LogP contribution >= 0.6 is 27.5 Å². The van der Waals surface area contributed by atoms with Crippen molar-refractivity contribution < 1.29 is 4.74 Å². The second-order valence-corrected chi connectivity index (χ2v) is 6.12. The molecule has 2 nitrogen and oxygen atoms in total. The van der Waals surface area contributed by atoms with Crippen molar-refractivity contribution in [1.82, 2.24) is 4.98 Å². The second-order valence-electron chi connectivity index (χ2n) is 4.80. The van der Waals surface area contributed by atoms with Crippen LogP contribution in [-0.4, -0.2) is 12.1 Å². The zero-order valence-corrected chi connectivity index (χ0v) is 14.2. The molecule has 22 heavy (non-hydrogen) atoms. The maximum atomic E-state index is 6.36. The Hall–Kier alpha value is -1.84. The van der Waals surface area contributed by atoms with E-state index in [2.05, 4.69) is 20.9 Å². The smallest absolute Gasteiger partial charge is 0.119 e. The molecule has 0 atom stereocenters. The Kier molecular flexibility index (Phi) is 4.46. The highest BCUT2D eigenvalue weighted by Crippen LogP contribution is 2.27. The summed E-state index contributed by atoms with van der Waals surface area (Å²) in [7, 11) is 1.64. The number of ether oxygens (including phenoxy) is 1. The second kappa shape index (κ2) is 6.51. The zero-order chi connectivity index (χ0) is 15.5. The fraction of sp³-hybridized carbons (Fsp3) is 0.0556. The number of rotatable bonds is 3. The van der Waals surface area contributed by atoms with E-state index in [0.717, 1.165) is 32.4 Å². The van der Waals surface area contributed by atoms with Gasteiger partial charge < -0.3 is 4.74 Å². The van der Waals surface area contributed by atoms with Gasteiger partial charge in [0.05, 0.1) is 23.3 Å². The maximum Gasteiger partial charge on any atom is 0.119 e. The Morgan fingerprint density at radius 2 is 1.82 bits per heavy atom. The first kappa shape index (κ1) is 15.1. The average Bonchev–Trinajstić information content (AvgIpc) is 2.54. The van der Waals surface area contributed by atoms with E-state index in [1.165, 1.54) is 0 Å². The predicted molar refractivity (Wildman–Crippen MR) is 96.4 cm³/mol. The van der Waals surface area contributed by atoms with Gasteiger partial charge in [-0.15, -0.1) is 0 Å². The van der Waals surface area contributed by atoms with Gasteiger partial charge in [0.25, 0.3) is 0 Å². The lowest BCUT2D eigenvalue weighted by molar-refractivity contribution is 0.415. The fourth-order valence-electron chi connectivity index (χ4n) is 2.15. The van der Waals surface area contributed by atoms with E-state index in [0.29, 0.717) is 5.02 Å². The van der Waals surface area contributed by atoms with Gasteiger partial charge in [0.15, 0.2) is 0 Å². The van der Waals surface area contributed by atoms with E-state index in [1.807, 2.05) is 60.7 Å². The number of methoxy groups -OCH3 is 1. The number of pyridine rings is 1. The van der Waals surface area contributed by atoms with Crippen LogP contribution in [0.1, 0.15) is 11.3 Å². The molecule has 4 heteroatoms. The molecule has 0 saturated heterocycles. The summed E-state index contributed by atoms with van der Waals surface area (Å²) in [5.74, 6) is 0.773. The standard InChI is InChI=1S/C18H13BrClNO/c1-22-15-8-9-18-16(11-15)17(20)10-14(21-18)7-4-12-2-5-13(19)6-3-12/h2-11H,1H3/b7-4+. The molecular weight excluding hydrogens is 362 g/mol. The lowest BCUT2D eigenvalue weighted by atomic mass is 10.1. The molecule has 1 aromatic heterocycles. The largest absolute Gasteiger partial charge is 0.497 e. The molecule has 0 N–H and O–H groups in total. The van der Waals surface area contributed by atoms with Crippen molar-refractivity contribution in [2.45, 2.75) is 0 Å². The highest BCUT2D eigenvalue weighted by atomic mass is 79.9. The number of benzene rings is 2. The highest BCUT2D eigenvalue weighted by Gasteiger charge is 2.04. The molecule has 0 spiro atoms. The van der Waals surface area contributed by atoms with Crippen LogP contribution in [0.2, 0.25) is 5.02 Å². The third-order valence-electron chi connectivity index (χ3n) is 3.30. The topological polar surface area (TPSA) is 22.1 Å². The van der Waals surface area contributed by atoms with E-state index in [4.69, 9.17) is 16.3 Å². The van der Waals surface area contributed by atoms with Crippen LogP contribution in [0.5, 0.6) is 5.75 Å². The zero-order valence-electron chi connectivity index (χ0n) is 11.9. The van der Waals surface area contributed by atoms with Crippen molar-refractivity contribution >= 4 is 50.6 Å². The number of fused-ring (bicyclic) bond motifs is 1. The van der Waals surface area contributed by atoms with Gasteiger partial charge in [-0.25, -0.2) is 4.98 Å². The highest BCUT2D eigenvalue weighted by molar-refractivity contribution is 9.10. The number of nitrogens with zero attached hydrogens (tertiary/aromatic N) is 1. The molecular formula is C18H13BrClNO. The fourth-order valence-corrected chi connectivity index (χ4v) is 2.68. The van der Waals surface area contributed by atoms with Crippen molar-refractivity contribution in [3.05, 3.63) is 69.3 Å². The molecule has 0 fully saturated rings. The molecule has 0 aliphatic carbocycles. The normalized spacial score (nSPS) is 11.2.